The van der Waals surface area contributed by atoms with Gasteiger partial charge in [-0.2, -0.15) is 9.78 Å². The molecule has 0 fully saturated rings. The molecule has 1 N–H and O–H groups in total. The number of ether oxygens (including phenoxy) is 1. The Balaban J connectivity index is 2.08. The third-order valence-electron chi connectivity index (χ3n) is 2.69. The van der Waals surface area contributed by atoms with Crippen LogP contribution >= 0.6 is 0 Å². The molecule has 21 heavy (non-hydrogen) atoms. The van der Waals surface area contributed by atoms with Crippen LogP contribution in [-0.4, -0.2) is 30.8 Å². The number of hydrogen-bond acceptors (Lipinski definition) is 5. The molecule has 0 aliphatic rings. The first-order valence-electron chi connectivity index (χ1n) is 6.07. The van der Waals surface area contributed by atoms with Crippen LogP contribution in [0.25, 0.3) is 5.69 Å². The standard InChI is InChI=1S/C14H10N4O3/c19-13(20)11-9-17-18(10-5-2-1-3-6-10)12(11)21-14-15-7-4-8-16-14/h1-9H,(H,19,20). The highest BCUT2D eigenvalue weighted by atomic mass is 16.5. The Bertz CT molecular complexity index is 756. The Morgan fingerprint density at radius 3 is 2.48 bits per heavy atom. The fourth-order valence-corrected chi connectivity index (χ4v) is 1.76. The number of aromatic carboxylic acids is 1. The Morgan fingerprint density at radius 2 is 1.81 bits per heavy atom. The molecule has 0 atom stereocenters. The van der Waals surface area contributed by atoms with E-state index in [9.17, 15) is 9.90 Å². The highest BCUT2D eigenvalue weighted by Crippen LogP contribution is 2.26. The summed E-state index contributed by atoms with van der Waals surface area (Å²) < 4.78 is 6.88. The molecule has 0 bridgehead atoms. The first-order chi connectivity index (χ1) is 10.3. The third kappa shape index (κ3) is 2.57. The molecule has 7 nitrogen and oxygen atoms in total. The van der Waals surface area contributed by atoms with Crippen LogP contribution in [0.2, 0.25) is 0 Å². The Hall–Kier alpha value is -3.22. The highest BCUT2D eigenvalue weighted by molar-refractivity contribution is 5.90. The number of rotatable bonds is 4. The lowest BCUT2D eigenvalue weighted by molar-refractivity contribution is 0.0694. The molecule has 7 heteroatoms. The van der Waals surface area contributed by atoms with Gasteiger partial charge in [-0.25, -0.2) is 14.8 Å². The van der Waals surface area contributed by atoms with E-state index in [1.165, 1.54) is 23.3 Å². The van der Waals surface area contributed by atoms with Gasteiger partial charge in [0.2, 0.25) is 5.88 Å². The van der Waals surface area contributed by atoms with Crippen LogP contribution in [0.3, 0.4) is 0 Å². The Morgan fingerprint density at radius 1 is 1.10 bits per heavy atom. The van der Waals surface area contributed by atoms with Gasteiger partial charge in [0.05, 0.1) is 11.9 Å². The summed E-state index contributed by atoms with van der Waals surface area (Å²) in [6.07, 6.45) is 4.24. The number of nitrogens with zero attached hydrogens (tertiary/aromatic N) is 4. The summed E-state index contributed by atoms with van der Waals surface area (Å²) in [6, 6.07) is 10.8. The van der Waals surface area contributed by atoms with Crippen LogP contribution < -0.4 is 4.74 Å². The zero-order valence-electron chi connectivity index (χ0n) is 10.7. The second-order valence-corrected chi connectivity index (χ2v) is 4.05. The number of hydrogen-bond donors (Lipinski definition) is 1. The van der Waals surface area contributed by atoms with Gasteiger partial charge in [-0.1, -0.05) is 18.2 Å². The van der Waals surface area contributed by atoms with E-state index in [1.54, 1.807) is 18.2 Å². The average Bonchev–Trinajstić information content (AvgIpc) is 2.93. The lowest BCUT2D eigenvalue weighted by Crippen LogP contribution is -2.04. The quantitative estimate of drug-likeness (QED) is 0.788. The van der Waals surface area contributed by atoms with Crippen molar-refractivity contribution in [1.82, 2.24) is 19.7 Å². The van der Waals surface area contributed by atoms with Gasteiger partial charge in [-0.3, -0.25) is 0 Å². The van der Waals surface area contributed by atoms with E-state index >= 15 is 0 Å². The summed E-state index contributed by atoms with van der Waals surface area (Å²) in [5.41, 5.74) is 0.613. The maximum Gasteiger partial charge on any atom is 0.342 e. The number of benzene rings is 1. The summed E-state index contributed by atoms with van der Waals surface area (Å²) in [5, 5.41) is 13.3. The summed E-state index contributed by atoms with van der Waals surface area (Å²) in [6.45, 7) is 0. The molecule has 2 aromatic heterocycles. The molecule has 0 aliphatic carbocycles. The molecule has 0 spiro atoms. The second-order valence-electron chi connectivity index (χ2n) is 4.05. The van der Waals surface area contributed by atoms with Crippen molar-refractivity contribution in [3.05, 3.63) is 60.6 Å². The van der Waals surface area contributed by atoms with Gasteiger partial charge in [0.15, 0.2) is 0 Å². The van der Waals surface area contributed by atoms with E-state index in [2.05, 4.69) is 15.1 Å². The van der Waals surface area contributed by atoms with Gasteiger partial charge in [0, 0.05) is 12.4 Å². The van der Waals surface area contributed by atoms with Crippen molar-refractivity contribution < 1.29 is 14.6 Å². The summed E-state index contributed by atoms with van der Waals surface area (Å²) in [4.78, 5) is 19.1. The van der Waals surface area contributed by atoms with Crippen molar-refractivity contribution in [2.24, 2.45) is 0 Å². The second kappa shape index (κ2) is 5.41. The highest BCUT2D eigenvalue weighted by Gasteiger charge is 2.20. The number of para-hydroxylation sites is 1. The van der Waals surface area contributed by atoms with Crippen LogP contribution in [0.4, 0.5) is 0 Å². The smallest absolute Gasteiger partial charge is 0.342 e. The summed E-state index contributed by atoms with van der Waals surface area (Å²) >= 11 is 0. The first kappa shape index (κ1) is 12.8. The molecule has 104 valence electrons. The van der Waals surface area contributed by atoms with E-state index in [0.29, 0.717) is 5.69 Å². The van der Waals surface area contributed by atoms with Crippen LogP contribution in [0.15, 0.2) is 55.0 Å². The van der Waals surface area contributed by atoms with Crippen LogP contribution in [0.5, 0.6) is 11.9 Å². The largest absolute Gasteiger partial charge is 0.477 e. The Kier molecular flexibility index (Phi) is 3.30. The molecule has 0 radical (unpaired) electrons. The third-order valence-corrected chi connectivity index (χ3v) is 2.69. The van der Waals surface area contributed by atoms with E-state index < -0.39 is 5.97 Å². The minimum absolute atomic E-state index is 0.0534. The fraction of sp³-hybridized carbons (Fsp3) is 0. The number of carbonyl (C=O) groups is 1. The van der Waals surface area contributed by atoms with E-state index in [4.69, 9.17) is 4.74 Å². The molecule has 1 aromatic carbocycles. The minimum Gasteiger partial charge on any atom is -0.477 e. The molecule has 3 rings (SSSR count). The molecule has 2 heterocycles. The predicted octanol–water partition coefficient (Wildman–Crippen LogP) is 2.15. The summed E-state index contributed by atoms with van der Waals surface area (Å²) in [5.74, 6) is -1.08. The van der Waals surface area contributed by atoms with E-state index in [-0.39, 0.29) is 17.5 Å². The maximum atomic E-state index is 11.3. The van der Waals surface area contributed by atoms with Crippen LogP contribution in [0, 0.1) is 0 Å². The monoisotopic (exact) mass is 282 g/mol. The van der Waals surface area contributed by atoms with Crippen LogP contribution in [0.1, 0.15) is 10.4 Å². The lowest BCUT2D eigenvalue weighted by atomic mass is 10.3. The molecule has 0 saturated heterocycles. The molecular weight excluding hydrogens is 272 g/mol. The van der Waals surface area contributed by atoms with Crippen molar-refractivity contribution in [2.75, 3.05) is 0 Å². The molecular formula is C14H10N4O3. The van der Waals surface area contributed by atoms with Crippen molar-refractivity contribution in [1.29, 1.82) is 0 Å². The maximum absolute atomic E-state index is 11.3. The van der Waals surface area contributed by atoms with Gasteiger partial charge < -0.3 is 9.84 Å². The topological polar surface area (TPSA) is 90.1 Å². The fourth-order valence-electron chi connectivity index (χ4n) is 1.76. The minimum atomic E-state index is -1.14. The average molecular weight is 282 g/mol. The summed E-state index contributed by atoms with van der Waals surface area (Å²) in [7, 11) is 0. The molecule has 0 aliphatic heterocycles. The number of carboxylic acids is 1. The lowest BCUT2D eigenvalue weighted by Gasteiger charge is -2.08. The number of aromatic nitrogens is 4. The van der Waals surface area contributed by atoms with Gasteiger partial charge >= 0.3 is 12.0 Å². The molecule has 3 aromatic rings. The van der Waals surface area contributed by atoms with E-state index in [0.717, 1.165) is 0 Å². The van der Waals surface area contributed by atoms with Crippen molar-refractivity contribution in [2.45, 2.75) is 0 Å². The van der Waals surface area contributed by atoms with Crippen molar-refractivity contribution >= 4 is 5.97 Å². The van der Waals surface area contributed by atoms with Gasteiger partial charge in [0.1, 0.15) is 5.56 Å². The normalized spacial score (nSPS) is 10.3. The first-order valence-corrected chi connectivity index (χ1v) is 6.07. The van der Waals surface area contributed by atoms with Crippen molar-refractivity contribution in [3.8, 4) is 17.6 Å². The Labute approximate surface area is 119 Å². The van der Waals surface area contributed by atoms with Gasteiger partial charge in [0.25, 0.3) is 0 Å². The van der Waals surface area contributed by atoms with Gasteiger partial charge in [-0.15, -0.1) is 0 Å². The van der Waals surface area contributed by atoms with Crippen LogP contribution in [-0.2, 0) is 0 Å². The van der Waals surface area contributed by atoms with Gasteiger partial charge in [-0.05, 0) is 18.2 Å². The zero-order chi connectivity index (χ0) is 14.7. The van der Waals surface area contributed by atoms with Crippen molar-refractivity contribution in [3.63, 3.8) is 0 Å². The predicted molar refractivity (Wildman–Crippen MR) is 72.6 cm³/mol. The van der Waals surface area contributed by atoms with E-state index in [1.807, 2.05) is 18.2 Å². The number of carboxylic acid groups (broad SMARTS) is 1. The molecule has 0 saturated carbocycles. The SMILES string of the molecule is O=C(O)c1cnn(-c2ccccc2)c1Oc1ncccn1. The molecule has 0 unspecified atom stereocenters. The zero-order valence-corrected chi connectivity index (χ0v) is 10.7. The molecule has 0 amide bonds.